The van der Waals surface area contributed by atoms with Crippen molar-refractivity contribution in [2.24, 2.45) is 0 Å². The highest BCUT2D eigenvalue weighted by atomic mass is 35.5. The fourth-order valence-electron chi connectivity index (χ4n) is 2.55. The number of nitrogens with zero attached hydrogens (tertiary/aromatic N) is 1. The van der Waals surface area contributed by atoms with Crippen molar-refractivity contribution in [2.75, 3.05) is 32.1 Å². The maximum Gasteiger partial charge on any atom is 0.243 e. The maximum absolute atomic E-state index is 12.6. The van der Waals surface area contributed by atoms with Gasteiger partial charge >= 0.3 is 0 Å². The molecule has 0 spiro atoms. The Morgan fingerprint density at radius 3 is 2.50 bits per heavy atom. The Bertz CT molecular complexity index is 997. The van der Waals surface area contributed by atoms with Crippen LogP contribution in [0.4, 0.5) is 5.69 Å². The van der Waals surface area contributed by atoms with Crippen LogP contribution in [0.5, 0.6) is 11.5 Å². The largest absolute Gasteiger partial charge is 0.490 e. The Hall–Kier alpha value is -2.00. The lowest BCUT2D eigenvalue weighted by molar-refractivity contribution is -0.116. The number of amides is 1. The van der Waals surface area contributed by atoms with Gasteiger partial charge in [-0.05, 0) is 30.3 Å². The van der Waals surface area contributed by atoms with Crippen LogP contribution in [0.2, 0.25) is 10.0 Å². The zero-order valence-corrected chi connectivity index (χ0v) is 17.3. The van der Waals surface area contributed by atoms with E-state index in [-0.39, 0.29) is 21.5 Å². The number of ether oxygens (including phenoxy) is 2. The lowest BCUT2D eigenvalue weighted by atomic mass is 10.2. The minimum atomic E-state index is -3.90. The van der Waals surface area contributed by atoms with Crippen molar-refractivity contribution in [1.29, 1.82) is 0 Å². The Morgan fingerprint density at radius 1 is 1.07 bits per heavy atom. The van der Waals surface area contributed by atoms with Gasteiger partial charge in [0.1, 0.15) is 0 Å². The second-order valence-electron chi connectivity index (χ2n) is 6.10. The molecule has 7 nitrogen and oxygen atoms in total. The van der Waals surface area contributed by atoms with Crippen molar-refractivity contribution >= 4 is 44.8 Å². The Labute approximate surface area is 173 Å². The van der Waals surface area contributed by atoms with Crippen molar-refractivity contribution < 1.29 is 22.7 Å². The molecule has 0 aromatic heterocycles. The highest BCUT2D eigenvalue weighted by Crippen LogP contribution is 2.32. The highest BCUT2D eigenvalue weighted by molar-refractivity contribution is 7.89. The first-order chi connectivity index (χ1) is 13.3. The number of sulfonamides is 1. The van der Waals surface area contributed by atoms with E-state index in [1.807, 2.05) is 0 Å². The summed E-state index contributed by atoms with van der Waals surface area (Å²) in [5.74, 6) is 0.641. The number of likely N-dealkylation sites (N-methyl/N-ethyl adjacent to an activating group) is 1. The van der Waals surface area contributed by atoms with Crippen LogP contribution in [0.1, 0.15) is 6.42 Å². The molecule has 0 unspecified atom stereocenters. The van der Waals surface area contributed by atoms with Gasteiger partial charge in [-0.2, -0.15) is 4.31 Å². The summed E-state index contributed by atoms with van der Waals surface area (Å²) < 4.78 is 37.3. The molecule has 1 amide bonds. The number of carbonyl (C=O) groups is 1. The molecule has 28 heavy (non-hydrogen) atoms. The van der Waals surface area contributed by atoms with Crippen molar-refractivity contribution in [2.45, 2.75) is 11.3 Å². The van der Waals surface area contributed by atoms with E-state index >= 15 is 0 Å². The Morgan fingerprint density at radius 2 is 1.79 bits per heavy atom. The molecule has 1 heterocycles. The molecule has 0 aliphatic carbocycles. The molecule has 0 bridgehead atoms. The van der Waals surface area contributed by atoms with Gasteiger partial charge in [-0.15, -0.1) is 0 Å². The van der Waals surface area contributed by atoms with E-state index in [1.165, 1.54) is 25.2 Å². The number of hydrogen-bond acceptors (Lipinski definition) is 5. The summed E-state index contributed by atoms with van der Waals surface area (Å²) in [6.07, 6.45) is 0.772. The average molecular weight is 445 g/mol. The van der Waals surface area contributed by atoms with Gasteiger partial charge < -0.3 is 14.8 Å². The zero-order valence-electron chi connectivity index (χ0n) is 14.9. The molecule has 0 fully saturated rings. The molecule has 1 aliphatic heterocycles. The van der Waals surface area contributed by atoms with Gasteiger partial charge in [-0.1, -0.05) is 23.2 Å². The summed E-state index contributed by atoms with van der Waals surface area (Å²) in [4.78, 5) is 12.3. The monoisotopic (exact) mass is 444 g/mol. The molecule has 0 radical (unpaired) electrons. The number of benzene rings is 2. The third kappa shape index (κ3) is 4.70. The zero-order chi connectivity index (χ0) is 20.3. The topological polar surface area (TPSA) is 84.9 Å². The Balaban J connectivity index is 1.68. The summed E-state index contributed by atoms with van der Waals surface area (Å²) in [6, 6.07) is 8.99. The normalized spacial score (nSPS) is 13.9. The van der Waals surface area contributed by atoms with Crippen LogP contribution in [-0.4, -0.2) is 45.4 Å². The van der Waals surface area contributed by atoms with Crippen molar-refractivity contribution in [1.82, 2.24) is 4.31 Å². The molecule has 0 saturated heterocycles. The molecule has 150 valence electrons. The molecule has 3 rings (SSSR count). The van der Waals surface area contributed by atoms with Gasteiger partial charge in [0.25, 0.3) is 0 Å². The summed E-state index contributed by atoms with van der Waals surface area (Å²) in [6.45, 7) is 0.710. The van der Waals surface area contributed by atoms with E-state index in [9.17, 15) is 13.2 Å². The van der Waals surface area contributed by atoms with E-state index in [0.717, 1.165) is 10.7 Å². The first kappa shape index (κ1) is 20.7. The van der Waals surface area contributed by atoms with Gasteiger partial charge in [0.2, 0.25) is 15.9 Å². The molecular formula is C18H18Cl2N2O5S. The van der Waals surface area contributed by atoms with E-state index in [0.29, 0.717) is 30.4 Å². The predicted molar refractivity (Wildman–Crippen MR) is 107 cm³/mol. The lowest BCUT2D eigenvalue weighted by Gasteiger charge is -2.17. The van der Waals surface area contributed by atoms with Gasteiger partial charge in [0, 0.05) is 25.2 Å². The number of nitrogens with one attached hydrogen (secondary N) is 1. The minimum absolute atomic E-state index is 0.0484. The SMILES string of the molecule is CN(CC(=O)Nc1ccc2c(c1)OCCCO2)S(=O)(=O)c1ccc(Cl)c(Cl)c1. The molecule has 0 atom stereocenters. The molecule has 1 N–H and O–H groups in total. The number of rotatable bonds is 5. The van der Waals surface area contributed by atoms with E-state index in [4.69, 9.17) is 32.7 Å². The van der Waals surface area contributed by atoms with Crippen molar-refractivity contribution in [3.8, 4) is 11.5 Å². The van der Waals surface area contributed by atoms with E-state index in [2.05, 4.69) is 5.32 Å². The second kappa shape index (κ2) is 8.57. The Kier molecular flexibility index (Phi) is 6.34. The lowest BCUT2D eigenvalue weighted by Crippen LogP contribution is -2.35. The number of halogens is 2. The van der Waals surface area contributed by atoms with Crippen molar-refractivity contribution in [3.63, 3.8) is 0 Å². The first-order valence-electron chi connectivity index (χ1n) is 8.38. The van der Waals surface area contributed by atoms with Crippen LogP contribution in [0.25, 0.3) is 0 Å². The van der Waals surface area contributed by atoms with Gasteiger partial charge in [0.05, 0.1) is 34.7 Å². The second-order valence-corrected chi connectivity index (χ2v) is 8.96. The summed E-state index contributed by atoms with van der Waals surface area (Å²) >= 11 is 11.7. The summed E-state index contributed by atoms with van der Waals surface area (Å²) in [7, 11) is -2.59. The molecular weight excluding hydrogens is 427 g/mol. The molecule has 10 heteroatoms. The minimum Gasteiger partial charge on any atom is -0.490 e. The van der Waals surface area contributed by atoms with Crippen LogP contribution < -0.4 is 14.8 Å². The quantitative estimate of drug-likeness (QED) is 0.763. The van der Waals surface area contributed by atoms with Gasteiger partial charge in [-0.3, -0.25) is 4.79 Å². The summed E-state index contributed by atoms with van der Waals surface area (Å²) in [5.41, 5.74) is 0.481. The number of anilines is 1. The third-order valence-electron chi connectivity index (χ3n) is 4.00. The fourth-order valence-corrected chi connectivity index (χ4v) is 4.06. The standard InChI is InChI=1S/C18H18Cl2N2O5S/c1-22(28(24,25)13-4-5-14(19)15(20)10-13)11-18(23)21-12-3-6-16-17(9-12)27-8-2-7-26-16/h3-6,9-10H,2,7-8,11H2,1H3,(H,21,23). The van der Waals surface area contributed by atoms with Gasteiger partial charge in [-0.25, -0.2) is 8.42 Å². The van der Waals surface area contributed by atoms with Crippen molar-refractivity contribution in [3.05, 3.63) is 46.4 Å². The first-order valence-corrected chi connectivity index (χ1v) is 10.6. The highest BCUT2D eigenvalue weighted by Gasteiger charge is 2.24. The van der Waals surface area contributed by atoms with Crippen LogP contribution >= 0.6 is 23.2 Å². The fraction of sp³-hybridized carbons (Fsp3) is 0.278. The smallest absolute Gasteiger partial charge is 0.243 e. The molecule has 1 aliphatic rings. The predicted octanol–water partition coefficient (Wildman–Crippen LogP) is 3.41. The van der Waals surface area contributed by atoms with E-state index < -0.39 is 15.9 Å². The molecule has 2 aromatic carbocycles. The van der Waals surface area contributed by atoms with E-state index in [1.54, 1.807) is 18.2 Å². The average Bonchev–Trinajstić information content (AvgIpc) is 2.88. The third-order valence-corrected chi connectivity index (χ3v) is 6.54. The number of carbonyl (C=O) groups excluding carboxylic acids is 1. The van der Waals surface area contributed by atoms with Crippen LogP contribution in [0.15, 0.2) is 41.3 Å². The van der Waals surface area contributed by atoms with Crippen LogP contribution in [0, 0.1) is 0 Å². The van der Waals surface area contributed by atoms with Crippen LogP contribution in [-0.2, 0) is 14.8 Å². The van der Waals surface area contributed by atoms with Gasteiger partial charge in [0.15, 0.2) is 11.5 Å². The maximum atomic E-state index is 12.6. The summed E-state index contributed by atoms with van der Waals surface area (Å²) in [5, 5.41) is 3.02. The number of hydrogen-bond donors (Lipinski definition) is 1. The van der Waals surface area contributed by atoms with Crippen LogP contribution in [0.3, 0.4) is 0 Å². The number of fused-ring (bicyclic) bond motifs is 1. The molecule has 0 saturated carbocycles. The molecule has 2 aromatic rings.